The summed E-state index contributed by atoms with van der Waals surface area (Å²) in [7, 11) is -2.63. The normalized spacial score (nSPS) is 16.0. The molecule has 0 unspecified atom stereocenters. The van der Waals surface area contributed by atoms with Gasteiger partial charge in [0.1, 0.15) is 0 Å². The third-order valence-corrected chi connectivity index (χ3v) is 7.87. The molecule has 2 rings (SSSR count). The Kier molecular flexibility index (Phi) is 9.48. The Morgan fingerprint density at radius 1 is 0.963 bits per heavy atom. The Balaban J connectivity index is 2.14. The van der Waals surface area contributed by atoms with Gasteiger partial charge in [0.2, 0.25) is 0 Å². The molecule has 5 nitrogen and oxygen atoms in total. The molecule has 27 heavy (non-hydrogen) atoms. The molecule has 0 aliphatic carbocycles. The molecular formula is C21H36N2O3Si. The van der Waals surface area contributed by atoms with Crippen LogP contribution in [0.3, 0.4) is 0 Å². The van der Waals surface area contributed by atoms with Crippen molar-refractivity contribution < 1.29 is 13.3 Å². The van der Waals surface area contributed by atoms with Crippen LogP contribution in [0.2, 0.25) is 6.04 Å². The molecule has 6 heteroatoms. The van der Waals surface area contributed by atoms with Gasteiger partial charge in [-0.1, -0.05) is 24.3 Å². The number of hydrogen-bond donors (Lipinski definition) is 0. The highest BCUT2D eigenvalue weighted by molar-refractivity contribution is 6.60. The summed E-state index contributed by atoms with van der Waals surface area (Å²) in [5, 5.41) is 7.11. The highest BCUT2D eigenvalue weighted by Crippen LogP contribution is 2.22. The Hall–Kier alpha value is -1.21. The lowest BCUT2D eigenvalue weighted by Gasteiger charge is -2.29. The average molecular weight is 393 g/mol. The van der Waals surface area contributed by atoms with Crippen molar-refractivity contribution in [3.8, 4) is 0 Å². The van der Waals surface area contributed by atoms with E-state index in [1.807, 2.05) is 20.8 Å². The Bertz CT molecular complexity index is 572. The fourth-order valence-corrected chi connectivity index (χ4v) is 6.20. The third-order valence-electron chi connectivity index (χ3n) is 4.82. The zero-order valence-corrected chi connectivity index (χ0v) is 18.5. The van der Waals surface area contributed by atoms with E-state index in [4.69, 9.17) is 18.4 Å². The molecule has 0 N–H and O–H groups in total. The van der Waals surface area contributed by atoms with Crippen molar-refractivity contribution in [1.29, 1.82) is 0 Å². The van der Waals surface area contributed by atoms with Crippen molar-refractivity contribution in [3.05, 3.63) is 35.4 Å². The van der Waals surface area contributed by atoms with Crippen molar-refractivity contribution in [2.24, 2.45) is 5.10 Å². The van der Waals surface area contributed by atoms with Crippen molar-refractivity contribution in [3.63, 3.8) is 0 Å². The second-order valence-corrected chi connectivity index (χ2v) is 9.57. The van der Waals surface area contributed by atoms with Crippen molar-refractivity contribution in [2.45, 2.75) is 59.4 Å². The monoisotopic (exact) mass is 392 g/mol. The topological polar surface area (TPSA) is 43.3 Å². The summed E-state index contributed by atoms with van der Waals surface area (Å²) in [6, 6.07) is 9.33. The largest absolute Gasteiger partial charge is 0.501 e. The number of nitrogens with zero attached hydrogens (tertiary/aromatic N) is 2. The minimum absolute atomic E-state index is 0.614. The molecule has 0 atom stereocenters. The van der Waals surface area contributed by atoms with Crippen LogP contribution in [0.25, 0.3) is 0 Å². The first-order chi connectivity index (χ1) is 13.1. The third kappa shape index (κ3) is 6.71. The molecule has 152 valence electrons. The van der Waals surface area contributed by atoms with Gasteiger partial charge in [0, 0.05) is 44.5 Å². The lowest BCUT2D eigenvalue weighted by atomic mass is 10.0. The van der Waals surface area contributed by atoms with Crippen LogP contribution >= 0.6 is 0 Å². The van der Waals surface area contributed by atoms with Gasteiger partial charge in [-0.05, 0) is 58.9 Å². The van der Waals surface area contributed by atoms with Gasteiger partial charge in [0.25, 0.3) is 0 Å². The highest BCUT2D eigenvalue weighted by Gasteiger charge is 2.40. The molecule has 1 saturated heterocycles. The maximum Gasteiger partial charge on any atom is 0.501 e. The van der Waals surface area contributed by atoms with Gasteiger partial charge in [0.05, 0.1) is 5.71 Å². The predicted octanol–water partition coefficient (Wildman–Crippen LogP) is 4.49. The van der Waals surface area contributed by atoms with E-state index in [1.165, 1.54) is 30.4 Å². The van der Waals surface area contributed by atoms with Crippen LogP contribution in [0.5, 0.6) is 0 Å². The summed E-state index contributed by atoms with van der Waals surface area (Å²) >= 11 is 0. The van der Waals surface area contributed by atoms with E-state index in [-0.39, 0.29) is 0 Å². The predicted molar refractivity (Wildman–Crippen MR) is 113 cm³/mol. The number of hydrogen-bond acceptors (Lipinski definition) is 5. The maximum absolute atomic E-state index is 6.01. The molecule has 0 spiro atoms. The molecule has 1 fully saturated rings. The number of aryl methyl sites for hydroxylation is 1. The maximum atomic E-state index is 6.01. The van der Waals surface area contributed by atoms with Crippen LogP contribution in [0.4, 0.5) is 0 Å². The van der Waals surface area contributed by atoms with Crippen LogP contribution in [0, 0.1) is 0 Å². The van der Waals surface area contributed by atoms with E-state index in [9.17, 15) is 0 Å². The second-order valence-electron chi connectivity index (χ2n) is 6.84. The molecule has 0 bridgehead atoms. The Morgan fingerprint density at radius 2 is 1.56 bits per heavy atom. The summed E-state index contributed by atoms with van der Waals surface area (Å²) in [4.78, 5) is 0. The van der Waals surface area contributed by atoms with Gasteiger partial charge in [-0.15, -0.1) is 0 Å². The van der Waals surface area contributed by atoms with Gasteiger partial charge >= 0.3 is 8.80 Å². The van der Waals surface area contributed by atoms with Crippen LogP contribution in [-0.2, 0) is 19.7 Å². The number of piperidine rings is 1. The summed E-state index contributed by atoms with van der Waals surface area (Å²) in [6.07, 6.45) is 4.67. The Labute approximate surface area is 166 Å². The minimum Gasteiger partial charge on any atom is -0.374 e. The van der Waals surface area contributed by atoms with Crippen LogP contribution in [0.1, 0.15) is 58.1 Å². The molecule has 1 aromatic carbocycles. The van der Waals surface area contributed by atoms with Crippen molar-refractivity contribution >= 4 is 14.5 Å². The summed E-state index contributed by atoms with van der Waals surface area (Å²) in [6.45, 7) is 12.1. The Morgan fingerprint density at radius 3 is 2.15 bits per heavy atom. The van der Waals surface area contributed by atoms with Gasteiger partial charge in [-0.3, -0.25) is 5.01 Å². The minimum atomic E-state index is -2.63. The zero-order valence-electron chi connectivity index (χ0n) is 17.5. The summed E-state index contributed by atoms with van der Waals surface area (Å²) < 4.78 is 18.0. The van der Waals surface area contributed by atoms with E-state index in [1.54, 1.807) is 0 Å². The van der Waals surface area contributed by atoms with Gasteiger partial charge in [-0.25, -0.2) is 0 Å². The van der Waals surface area contributed by atoms with E-state index < -0.39 is 8.80 Å². The van der Waals surface area contributed by atoms with Gasteiger partial charge in [-0.2, -0.15) is 5.10 Å². The first kappa shape index (κ1) is 22.1. The van der Waals surface area contributed by atoms with Crippen molar-refractivity contribution in [1.82, 2.24) is 5.01 Å². The van der Waals surface area contributed by atoms with Gasteiger partial charge in [0.15, 0.2) is 0 Å². The first-order valence-electron chi connectivity index (χ1n) is 10.4. The molecule has 0 saturated carbocycles. The van der Waals surface area contributed by atoms with Gasteiger partial charge < -0.3 is 13.3 Å². The molecule has 1 aromatic rings. The highest BCUT2D eigenvalue weighted by atomic mass is 28.4. The van der Waals surface area contributed by atoms with Crippen molar-refractivity contribution in [2.75, 3.05) is 32.9 Å². The van der Waals surface area contributed by atoms with E-state index >= 15 is 0 Å². The first-order valence-corrected chi connectivity index (χ1v) is 12.4. The number of hydrazone groups is 1. The standard InChI is InChI=1S/C21H36N2O3Si/c1-5-24-27(25-6-2,26-7-3)18-15-20-13-9-10-14-21(20)19(4)22-23-16-11-8-12-17-23/h9-10,13-14H,5-8,11-12,15-18H2,1-4H3/b22-19+. The summed E-state index contributed by atoms with van der Waals surface area (Å²) in [5.41, 5.74) is 3.59. The zero-order chi connectivity index (χ0) is 19.5. The van der Waals surface area contributed by atoms with E-state index in [0.29, 0.717) is 19.8 Å². The molecule has 0 radical (unpaired) electrons. The molecule has 1 heterocycles. The second kappa shape index (κ2) is 11.6. The van der Waals surface area contributed by atoms with Crippen LogP contribution < -0.4 is 0 Å². The van der Waals surface area contributed by atoms with E-state index in [2.05, 4.69) is 36.2 Å². The molecule has 1 aliphatic heterocycles. The number of benzene rings is 1. The lowest BCUT2D eigenvalue weighted by Crippen LogP contribution is -2.46. The smallest absolute Gasteiger partial charge is 0.374 e. The molecule has 0 aromatic heterocycles. The lowest BCUT2D eigenvalue weighted by molar-refractivity contribution is 0.0714. The molecular weight excluding hydrogens is 356 g/mol. The molecule has 0 amide bonds. The SMILES string of the molecule is CCO[Si](CCc1ccccc1/C(C)=N/N1CCCCC1)(OCC)OCC. The fourth-order valence-electron chi connectivity index (χ4n) is 3.62. The van der Waals surface area contributed by atoms with Crippen LogP contribution in [-0.4, -0.2) is 52.4 Å². The summed E-state index contributed by atoms with van der Waals surface area (Å²) in [5.74, 6) is 0. The number of rotatable bonds is 11. The fraction of sp³-hybridized carbons (Fsp3) is 0.667. The average Bonchev–Trinajstić information content (AvgIpc) is 2.68. The van der Waals surface area contributed by atoms with Crippen LogP contribution in [0.15, 0.2) is 29.4 Å². The van der Waals surface area contributed by atoms with E-state index in [0.717, 1.165) is 31.3 Å². The molecule has 1 aliphatic rings. The quantitative estimate of drug-likeness (QED) is 0.411.